The van der Waals surface area contributed by atoms with Gasteiger partial charge in [-0.25, -0.2) is 14.2 Å². The zero-order chi connectivity index (χ0) is 28.3. The third-order valence-electron chi connectivity index (χ3n) is 6.33. The number of carboxylic acid groups (broad SMARTS) is 1. The number of amides is 2. The first-order valence-corrected chi connectivity index (χ1v) is 12.2. The zero-order valence-electron chi connectivity index (χ0n) is 22.1. The summed E-state index contributed by atoms with van der Waals surface area (Å²) in [6.07, 6.45) is -0.820. The Kier molecular flexibility index (Phi) is 7.84. The number of nitrogens with two attached hydrogens (primary N) is 1. The van der Waals surface area contributed by atoms with Crippen molar-refractivity contribution in [1.82, 2.24) is 20.1 Å². The van der Waals surface area contributed by atoms with Crippen LogP contribution in [0.2, 0.25) is 0 Å². The highest BCUT2D eigenvalue weighted by molar-refractivity contribution is 5.99. The number of carbonyl (C=O) groups is 2. The number of hydrogen-bond acceptors (Lipinski definition) is 7. The molecule has 0 aliphatic rings. The Labute approximate surface area is 224 Å². The normalized spacial score (nSPS) is 12.5. The van der Waals surface area contributed by atoms with Gasteiger partial charge in [-0.05, 0) is 43.2 Å². The highest BCUT2D eigenvalue weighted by Crippen LogP contribution is 2.30. The first-order valence-electron chi connectivity index (χ1n) is 12.2. The second kappa shape index (κ2) is 11.3. The van der Waals surface area contributed by atoms with E-state index in [0.29, 0.717) is 12.1 Å². The fourth-order valence-electron chi connectivity index (χ4n) is 4.36. The van der Waals surface area contributed by atoms with Crippen LogP contribution < -0.4 is 26.6 Å². The lowest BCUT2D eigenvalue weighted by Crippen LogP contribution is -2.45. The minimum atomic E-state index is -1.20. The Morgan fingerprint density at radius 1 is 1.13 bits per heavy atom. The molecule has 11 nitrogen and oxygen atoms in total. The van der Waals surface area contributed by atoms with Crippen molar-refractivity contribution < 1.29 is 19.1 Å². The molecule has 0 bridgehead atoms. The Hall–Kier alpha value is -4.87. The summed E-state index contributed by atoms with van der Waals surface area (Å²) in [5.74, 6) is -0.997. The number of nitrogens with one attached hydrogen (secondary N) is 3. The van der Waals surface area contributed by atoms with Gasteiger partial charge in [0, 0.05) is 38.3 Å². The molecule has 2 heterocycles. The minimum Gasteiger partial charge on any atom is -0.465 e. The number of pyridine rings is 1. The quantitative estimate of drug-likeness (QED) is 0.207. The molecule has 0 radical (unpaired) electrons. The number of aromatic nitrogens is 3. The summed E-state index contributed by atoms with van der Waals surface area (Å²) in [7, 11) is 5.62. The maximum atomic E-state index is 15.2. The zero-order valence-corrected chi connectivity index (χ0v) is 22.1. The topological polar surface area (TPSA) is 150 Å². The molecule has 2 aromatic carbocycles. The van der Waals surface area contributed by atoms with Gasteiger partial charge >= 0.3 is 6.09 Å². The van der Waals surface area contributed by atoms with E-state index < -0.39 is 29.9 Å². The van der Waals surface area contributed by atoms with Gasteiger partial charge in [0.25, 0.3) is 5.91 Å². The van der Waals surface area contributed by atoms with Crippen molar-refractivity contribution in [3.8, 4) is 0 Å². The monoisotopic (exact) mass is 534 g/mol. The molecular weight excluding hydrogens is 503 g/mol. The van der Waals surface area contributed by atoms with Gasteiger partial charge in [0.15, 0.2) is 17.5 Å². The standard InChI is InChI=1S/C27H31FN8O3/c1-15(30-27(38)39)21(12-16-8-6-5-7-9-16)32-25-20(28)14-19(23(29)37)24(33-25)31-17-10-11-22-18(13-17)26(35(2)3)34-36(22)4/h5-11,13-15,21,30H,12H2,1-4H3,(H2,29,37)(H,38,39)(H2,31,32,33)/t15-,21-/m0/s1. The molecule has 0 spiro atoms. The van der Waals surface area contributed by atoms with Gasteiger partial charge < -0.3 is 31.7 Å². The minimum absolute atomic E-state index is 0.0540. The van der Waals surface area contributed by atoms with E-state index in [-0.39, 0.29) is 17.2 Å². The molecule has 2 aromatic heterocycles. The van der Waals surface area contributed by atoms with Crippen molar-refractivity contribution in [2.24, 2.45) is 12.8 Å². The van der Waals surface area contributed by atoms with Crippen LogP contribution in [0.1, 0.15) is 22.8 Å². The summed E-state index contributed by atoms with van der Waals surface area (Å²) in [5.41, 5.74) is 7.83. The highest BCUT2D eigenvalue weighted by Gasteiger charge is 2.24. The van der Waals surface area contributed by atoms with Gasteiger partial charge in [-0.2, -0.15) is 5.10 Å². The molecule has 2 atom stereocenters. The molecule has 4 rings (SSSR count). The molecule has 4 aromatic rings. The smallest absolute Gasteiger partial charge is 0.404 e. The second-order valence-electron chi connectivity index (χ2n) is 9.46. The molecule has 0 saturated carbocycles. The fraction of sp³-hybridized carbons (Fsp3) is 0.259. The molecular formula is C27H31FN8O3. The predicted molar refractivity (Wildman–Crippen MR) is 149 cm³/mol. The van der Waals surface area contributed by atoms with E-state index in [2.05, 4.69) is 26.0 Å². The molecule has 0 aliphatic carbocycles. The number of halogens is 1. The van der Waals surface area contributed by atoms with E-state index in [0.717, 1.165) is 28.4 Å². The largest absolute Gasteiger partial charge is 0.465 e. The Morgan fingerprint density at radius 2 is 1.85 bits per heavy atom. The van der Waals surface area contributed by atoms with E-state index in [1.165, 1.54) is 0 Å². The lowest BCUT2D eigenvalue weighted by Gasteiger charge is -2.26. The first-order chi connectivity index (χ1) is 18.5. The van der Waals surface area contributed by atoms with Crippen LogP contribution >= 0.6 is 0 Å². The molecule has 0 saturated heterocycles. The second-order valence-corrected chi connectivity index (χ2v) is 9.46. The molecule has 204 valence electrons. The van der Waals surface area contributed by atoms with Gasteiger partial charge in [0.2, 0.25) is 0 Å². The van der Waals surface area contributed by atoms with Crippen LogP contribution in [0.5, 0.6) is 0 Å². The SMILES string of the molecule is C[C@H](NC(=O)O)[C@H](Cc1ccccc1)Nc1nc(Nc2ccc3c(c2)c(N(C)C)nn3C)c(C(N)=O)cc1F. The summed E-state index contributed by atoms with van der Waals surface area (Å²) in [6.45, 7) is 1.68. The lowest BCUT2D eigenvalue weighted by molar-refractivity contribution is 0.1000. The molecule has 12 heteroatoms. The van der Waals surface area contributed by atoms with Gasteiger partial charge in [0.1, 0.15) is 5.82 Å². The van der Waals surface area contributed by atoms with Crippen LogP contribution in [0.3, 0.4) is 0 Å². The van der Waals surface area contributed by atoms with E-state index in [4.69, 9.17) is 5.73 Å². The van der Waals surface area contributed by atoms with E-state index in [9.17, 15) is 14.7 Å². The number of hydrogen-bond donors (Lipinski definition) is 5. The van der Waals surface area contributed by atoms with Crippen molar-refractivity contribution in [3.05, 3.63) is 71.5 Å². The number of aryl methyl sites for hydroxylation is 1. The number of nitrogens with zero attached hydrogens (tertiary/aromatic N) is 4. The van der Waals surface area contributed by atoms with Crippen LogP contribution in [0.15, 0.2) is 54.6 Å². The average Bonchev–Trinajstić information content (AvgIpc) is 3.21. The number of benzene rings is 2. The maximum absolute atomic E-state index is 15.2. The van der Waals surface area contributed by atoms with E-state index >= 15 is 4.39 Å². The van der Waals surface area contributed by atoms with Crippen LogP contribution in [-0.4, -0.2) is 58.1 Å². The van der Waals surface area contributed by atoms with Crippen LogP contribution in [0.4, 0.5) is 32.3 Å². The lowest BCUT2D eigenvalue weighted by atomic mass is 10.0. The fourth-order valence-corrected chi connectivity index (χ4v) is 4.36. The number of primary amides is 1. The summed E-state index contributed by atoms with van der Waals surface area (Å²) in [5, 5.41) is 23.2. The first kappa shape index (κ1) is 27.2. The van der Waals surface area contributed by atoms with Crippen molar-refractivity contribution >= 4 is 46.0 Å². The maximum Gasteiger partial charge on any atom is 0.404 e. The molecule has 0 aliphatic heterocycles. The van der Waals surface area contributed by atoms with Gasteiger partial charge in [-0.1, -0.05) is 30.3 Å². The Bertz CT molecular complexity index is 1510. The molecule has 0 fully saturated rings. The number of carbonyl (C=O) groups excluding carboxylic acids is 1. The van der Waals surface area contributed by atoms with Gasteiger partial charge in [0.05, 0.1) is 17.1 Å². The van der Waals surface area contributed by atoms with Crippen LogP contribution in [0, 0.1) is 5.82 Å². The van der Waals surface area contributed by atoms with Crippen molar-refractivity contribution in [2.75, 3.05) is 29.6 Å². The van der Waals surface area contributed by atoms with E-state index in [1.807, 2.05) is 68.5 Å². The van der Waals surface area contributed by atoms with Crippen LogP contribution in [0.25, 0.3) is 10.9 Å². The summed E-state index contributed by atoms with van der Waals surface area (Å²) >= 11 is 0. The Morgan fingerprint density at radius 3 is 2.49 bits per heavy atom. The van der Waals surface area contributed by atoms with Crippen molar-refractivity contribution in [2.45, 2.75) is 25.4 Å². The molecule has 6 N–H and O–H groups in total. The van der Waals surface area contributed by atoms with E-state index in [1.54, 1.807) is 17.7 Å². The number of anilines is 4. The Balaban J connectivity index is 1.70. The molecule has 0 unspecified atom stereocenters. The average molecular weight is 535 g/mol. The molecule has 39 heavy (non-hydrogen) atoms. The predicted octanol–water partition coefficient (Wildman–Crippen LogP) is 3.70. The summed E-state index contributed by atoms with van der Waals surface area (Å²) < 4.78 is 17.0. The van der Waals surface area contributed by atoms with Crippen molar-refractivity contribution in [3.63, 3.8) is 0 Å². The van der Waals surface area contributed by atoms with Crippen LogP contribution in [-0.2, 0) is 13.5 Å². The number of rotatable bonds is 10. The third kappa shape index (κ3) is 6.17. The molecule has 2 amide bonds. The highest BCUT2D eigenvalue weighted by atomic mass is 19.1. The summed E-state index contributed by atoms with van der Waals surface area (Å²) in [6, 6.07) is 14.8. The number of fused-ring (bicyclic) bond motifs is 1. The van der Waals surface area contributed by atoms with Gasteiger partial charge in [-0.3, -0.25) is 9.48 Å². The third-order valence-corrected chi connectivity index (χ3v) is 6.33. The van der Waals surface area contributed by atoms with Gasteiger partial charge in [-0.15, -0.1) is 0 Å². The van der Waals surface area contributed by atoms with Crippen molar-refractivity contribution in [1.29, 1.82) is 0 Å². The summed E-state index contributed by atoms with van der Waals surface area (Å²) in [4.78, 5) is 29.8.